The molecule has 2 atom stereocenters. The minimum atomic E-state index is 0.363. The molecule has 0 amide bonds. The minimum Gasteiger partial charge on any atom is -0.357 e. The summed E-state index contributed by atoms with van der Waals surface area (Å²) in [7, 11) is 0. The molecule has 0 aromatic carbocycles. The highest BCUT2D eigenvalue weighted by Crippen LogP contribution is 2.31. The molecule has 1 saturated heterocycles. The Morgan fingerprint density at radius 1 is 1.62 bits per heavy atom. The van der Waals surface area contributed by atoms with Gasteiger partial charge in [-0.15, -0.1) is 0 Å². The summed E-state index contributed by atoms with van der Waals surface area (Å²) in [5, 5.41) is 2.88. The van der Waals surface area contributed by atoms with Gasteiger partial charge in [0.15, 0.2) is 0 Å². The Bertz CT molecular complexity index is 133. The first-order valence-electron chi connectivity index (χ1n) is 2.57. The number of hydrogen-bond donors (Lipinski definition) is 0. The third-order valence-electron chi connectivity index (χ3n) is 0.933. The van der Waals surface area contributed by atoms with Crippen LogP contribution in [0.2, 0.25) is 0 Å². The molecule has 1 rings (SSSR count). The molecule has 1 nitrogen and oxygen atoms in total. The van der Waals surface area contributed by atoms with Crippen LogP contribution in [0.3, 0.4) is 0 Å². The first-order valence-corrected chi connectivity index (χ1v) is 3.45. The molecule has 0 radical (unpaired) electrons. The van der Waals surface area contributed by atoms with Gasteiger partial charge in [-0.3, -0.25) is 0 Å². The lowest BCUT2D eigenvalue weighted by molar-refractivity contribution is 0.414. The molecule has 0 bridgehead atoms. The highest BCUT2D eigenvalue weighted by Gasteiger charge is 2.34. The van der Waals surface area contributed by atoms with Gasteiger partial charge < -0.3 is 4.74 Å². The Kier molecular flexibility index (Phi) is 1.82. The predicted octanol–water partition coefficient (Wildman–Crippen LogP) is 1.45. The van der Waals surface area contributed by atoms with Crippen LogP contribution in [0.1, 0.15) is 13.8 Å². The molecule has 0 N–H and O–H groups in total. The summed E-state index contributed by atoms with van der Waals surface area (Å²) in [6.45, 7) is 3.88. The third-order valence-corrected chi connectivity index (χ3v) is 1.98. The van der Waals surface area contributed by atoms with E-state index in [1.54, 1.807) is 11.8 Å². The molecular weight excluding hydrogens is 120 g/mol. The number of epoxide rings is 1. The molecule has 1 fully saturated rings. The zero-order chi connectivity index (χ0) is 5.98. The number of thioether (sulfide) groups is 1. The Morgan fingerprint density at radius 2 is 2.25 bits per heavy atom. The molecule has 1 aliphatic heterocycles. The monoisotopic (exact) mass is 128 g/mol. The number of ether oxygens (including phenoxy) is 1. The van der Waals surface area contributed by atoms with Crippen molar-refractivity contribution >= 4 is 11.8 Å². The fourth-order valence-corrected chi connectivity index (χ4v) is 1.06. The van der Waals surface area contributed by atoms with E-state index in [1.807, 2.05) is 6.92 Å². The highest BCUT2D eigenvalue weighted by atomic mass is 32.2. The Hall–Kier alpha value is -0.130. The maximum Gasteiger partial charge on any atom is 0.141 e. The molecule has 2 unspecified atom stereocenters. The maximum absolute atomic E-state index is 5.08. The van der Waals surface area contributed by atoms with E-state index in [0.29, 0.717) is 11.5 Å². The average Bonchev–Trinajstić information content (AvgIpc) is 2.42. The zero-order valence-corrected chi connectivity index (χ0v) is 5.79. The first kappa shape index (κ1) is 6.00. The van der Waals surface area contributed by atoms with Crippen molar-refractivity contribution in [3.05, 3.63) is 0 Å². The van der Waals surface area contributed by atoms with Gasteiger partial charge in [0.1, 0.15) is 5.44 Å². The van der Waals surface area contributed by atoms with Crippen LogP contribution in [-0.2, 0) is 4.74 Å². The Labute approximate surface area is 53.8 Å². The molecule has 44 valence electrons. The highest BCUT2D eigenvalue weighted by molar-refractivity contribution is 8.04. The van der Waals surface area contributed by atoms with Gasteiger partial charge in [-0.2, -0.15) is 0 Å². The first-order chi connectivity index (χ1) is 3.84. The summed E-state index contributed by atoms with van der Waals surface area (Å²) in [6.07, 6.45) is 0.431. The van der Waals surface area contributed by atoms with Crippen LogP contribution >= 0.6 is 11.8 Å². The third kappa shape index (κ3) is 1.43. The van der Waals surface area contributed by atoms with Gasteiger partial charge in [0.25, 0.3) is 0 Å². The second-order valence-corrected chi connectivity index (χ2v) is 2.58. The van der Waals surface area contributed by atoms with Crippen LogP contribution in [0.15, 0.2) is 0 Å². The minimum absolute atomic E-state index is 0.363. The normalized spacial score (nSPS) is 33.2. The molecule has 1 aliphatic rings. The van der Waals surface area contributed by atoms with Crippen molar-refractivity contribution in [2.24, 2.45) is 0 Å². The number of hydrogen-bond acceptors (Lipinski definition) is 2. The van der Waals surface area contributed by atoms with Crippen LogP contribution in [0, 0.1) is 11.2 Å². The van der Waals surface area contributed by atoms with E-state index in [2.05, 4.69) is 18.1 Å². The molecule has 1 heterocycles. The van der Waals surface area contributed by atoms with Crippen molar-refractivity contribution in [3.8, 4) is 11.2 Å². The van der Waals surface area contributed by atoms with Crippen molar-refractivity contribution in [3.63, 3.8) is 0 Å². The summed E-state index contributed by atoms with van der Waals surface area (Å²) < 4.78 is 5.08. The second kappa shape index (κ2) is 2.43. The Balaban J connectivity index is 2.11. The summed E-state index contributed by atoms with van der Waals surface area (Å²) in [4.78, 5) is 0. The largest absolute Gasteiger partial charge is 0.357 e. The van der Waals surface area contributed by atoms with Gasteiger partial charge >= 0.3 is 0 Å². The van der Waals surface area contributed by atoms with Gasteiger partial charge in [0, 0.05) is 0 Å². The van der Waals surface area contributed by atoms with Crippen LogP contribution in [0.4, 0.5) is 0 Å². The van der Waals surface area contributed by atoms with E-state index < -0.39 is 0 Å². The fraction of sp³-hybridized carbons (Fsp3) is 0.667. The van der Waals surface area contributed by atoms with E-state index in [-0.39, 0.29) is 0 Å². The van der Waals surface area contributed by atoms with Crippen molar-refractivity contribution in [2.45, 2.75) is 25.4 Å². The molecule has 2 heteroatoms. The van der Waals surface area contributed by atoms with Crippen molar-refractivity contribution < 1.29 is 4.74 Å². The van der Waals surface area contributed by atoms with Crippen LogP contribution in [0.25, 0.3) is 0 Å². The van der Waals surface area contributed by atoms with Gasteiger partial charge in [0.05, 0.1) is 6.10 Å². The number of rotatable bonds is 1. The average molecular weight is 128 g/mol. The zero-order valence-electron chi connectivity index (χ0n) is 4.97. The maximum atomic E-state index is 5.08. The standard InChI is InChI=1S/C6H8OS/c1-3-4-8-6-5(2)7-6/h5-6H,1-2H3. The lowest BCUT2D eigenvalue weighted by Gasteiger charge is -1.74. The molecule has 0 aliphatic carbocycles. The lowest BCUT2D eigenvalue weighted by Crippen LogP contribution is -1.76. The van der Waals surface area contributed by atoms with Crippen molar-refractivity contribution in [1.29, 1.82) is 0 Å². The summed E-state index contributed by atoms with van der Waals surface area (Å²) in [5.41, 5.74) is 0.363. The van der Waals surface area contributed by atoms with Crippen molar-refractivity contribution in [2.75, 3.05) is 0 Å². The second-order valence-electron chi connectivity index (χ2n) is 1.68. The van der Waals surface area contributed by atoms with E-state index in [9.17, 15) is 0 Å². The van der Waals surface area contributed by atoms with Crippen molar-refractivity contribution in [1.82, 2.24) is 0 Å². The molecular formula is C6H8OS. The smallest absolute Gasteiger partial charge is 0.141 e. The van der Waals surface area contributed by atoms with Gasteiger partial charge in [-0.05, 0) is 30.9 Å². The molecule has 8 heavy (non-hydrogen) atoms. The quantitative estimate of drug-likeness (QED) is 0.391. The molecule has 0 saturated carbocycles. The van der Waals surface area contributed by atoms with Gasteiger partial charge in [-0.25, -0.2) is 0 Å². The lowest BCUT2D eigenvalue weighted by atomic mass is 10.6. The summed E-state index contributed by atoms with van der Waals surface area (Å²) in [5.74, 6) is 2.79. The summed E-state index contributed by atoms with van der Waals surface area (Å²) in [6, 6.07) is 0. The molecule has 0 spiro atoms. The molecule has 0 aromatic rings. The van der Waals surface area contributed by atoms with Crippen LogP contribution in [0.5, 0.6) is 0 Å². The van der Waals surface area contributed by atoms with Gasteiger partial charge in [0.2, 0.25) is 0 Å². The van der Waals surface area contributed by atoms with Crippen LogP contribution in [-0.4, -0.2) is 11.5 Å². The van der Waals surface area contributed by atoms with E-state index in [0.717, 1.165) is 0 Å². The molecule has 0 aromatic heterocycles. The van der Waals surface area contributed by atoms with E-state index >= 15 is 0 Å². The topological polar surface area (TPSA) is 12.5 Å². The van der Waals surface area contributed by atoms with E-state index in [1.165, 1.54) is 0 Å². The van der Waals surface area contributed by atoms with Gasteiger partial charge in [-0.1, -0.05) is 5.92 Å². The predicted molar refractivity (Wildman–Crippen MR) is 35.4 cm³/mol. The van der Waals surface area contributed by atoms with Crippen LogP contribution < -0.4 is 0 Å². The summed E-state index contributed by atoms with van der Waals surface area (Å²) >= 11 is 1.57. The fourth-order valence-electron chi connectivity index (χ4n) is 0.407. The Morgan fingerprint density at radius 3 is 2.62 bits per heavy atom. The SMILES string of the molecule is CC#CSC1OC1C. The van der Waals surface area contributed by atoms with E-state index in [4.69, 9.17) is 4.74 Å².